The van der Waals surface area contributed by atoms with Gasteiger partial charge in [-0.05, 0) is 28.8 Å². The van der Waals surface area contributed by atoms with E-state index in [2.05, 4.69) is 5.43 Å². The largest absolute Gasteiger partial charge is 0.479 e. The number of aliphatic hydroxyl groups excluding tert-OH is 1. The minimum Gasteiger partial charge on any atom is -0.479 e. The quantitative estimate of drug-likeness (QED) is 0.395. The third-order valence-electron chi connectivity index (χ3n) is 4.21. The van der Waals surface area contributed by atoms with Crippen molar-refractivity contribution in [2.24, 2.45) is 0 Å². The Bertz CT molecular complexity index is 1120. The molecule has 1 amide bonds. The smallest absolute Gasteiger partial charge is 0.333 e. The highest BCUT2D eigenvalue weighted by Gasteiger charge is 2.22. The lowest BCUT2D eigenvalue weighted by atomic mass is 10.0. The number of halogens is 2. The number of hydrogen-bond donors (Lipinski definition) is 4. The number of carbonyl (C=O) groups excluding carboxylic acids is 1. The van der Waals surface area contributed by atoms with E-state index in [1.807, 2.05) is 5.16 Å². The molecule has 0 aliphatic carbocycles. The lowest BCUT2D eigenvalue weighted by Crippen LogP contribution is -2.47. The predicted molar refractivity (Wildman–Crippen MR) is 103 cm³/mol. The first-order valence-electron chi connectivity index (χ1n) is 8.92. The van der Waals surface area contributed by atoms with Gasteiger partial charge >= 0.3 is 11.9 Å². The molecular formula is C20H17F2N3O6. The van der Waals surface area contributed by atoms with Gasteiger partial charge in [0.05, 0.1) is 12.6 Å². The second-order valence-corrected chi connectivity index (χ2v) is 6.61. The third kappa shape index (κ3) is 5.84. The van der Waals surface area contributed by atoms with Gasteiger partial charge in [0.2, 0.25) is 5.76 Å². The Balaban J connectivity index is 1.77. The second kappa shape index (κ2) is 9.32. The van der Waals surface area contributed by atoms with Gasteiger partial charge in [-0.15, -0.1) is 0 Å². The van der Waals surface area contributed by atoms with Crippen LogP contribution in [0.2, 0.25) is 0 Å². The number of aromatic nitrogens is 1. The summed E-state index contributed by atoms with van der Waals surface area (Å²) in [6, 6.07) is 10.5. The summed E-state index contributed by atoms with van der Waals surface area (Å²) in [5.74, 6) is -4.08. The molecule has 0 radical (unpaired) electrons. The van der Waals surface area contributed by atoms with E-state index < -0.39 is 41.7 Å². The summed E-state index contributed by atoms with van der Waals surface area (Å²) < 4.78 is 31.6. The van der Waals surface area contributed by atoms with Crippen LogP contribution in [0.3, 0.4) is 0 Å². The zero-order valence-electron chi connectivity index (χ0n) is 15.8. The highest BCUT2D eigenvalue weighted by Crippen LogP contribution is 2.22. The number of rotatable bonds is 8. The lowest BCUT2D eigenvalue weighted by molar-refractivity contribution is -0.148. The van der Waals surface area contributed by atoms with Crippen molar-refractivity contribution in [2.75, 3.05) is 6.54 Å². The number of nitrogens with one attached hydrogen (secondary N) is 2. The van der Waals surface area contributed by atoms with Crippen molar-refractivity contribution in [2.45, 2.75) is 12.6 Å². The maximum absolute atomic E-state index is 13.4. The van der Waals surface area contributed by atoms with Crippen molar-refractivity contribution >= 4 is 11.9 Å². The van der Waals surface area contributed by atoms with Crippen molar-refractivity contribution in [3.05, 3.63) is 81.8 Å². The Morgan fingerprint density at radius 2 is 1.71 bits per heavy atom. The minimum atomic E-state index is -1.80. The average molecular weight is 433 g/mol. The van der Waals surface area contributed by atoms with Gasteiger partial charge in [-0.1, -0.05) is 24.3 Å². The molecular weight excluding hydrogens is 416 g/mol. The first kappa shape index (κ1) is 21.9. The number of hydrogen-bond acceptors (Lipinski definition) is 6. The molecule has 2 aromatic carbocycles. The van der Waals surface area contributed by atoms with Crippen LogP contribution in [0.25, 0.3) is 11.1 Å². The van der Waals surface area contributed by atoms with E-state index in [-0.39, 0.29) is 12.3 Å². The summed E-state index contributed by atoms with van der Waals surface area (Å²) in [7, 11) is 0. The SMILES string of the molecule is O=C(NN(Cc1ccc(-c2cc(F)cc(F)c2)cc1)C[C@H](O)C(=O)O)c1cc(=O)[nH]o1. The number of H-pyrrole nitrogens is 1. The van der Waals surface area contributed by atoms with E-state index >= 15 is 0 Å². The van der Waals surface area contributed by atoms with E-state index in [1.54, 1.807) is 24.3 Å². The monoisotopic (exact) mass is 433 g/mol. The molecule has 9 nitrogen and oxygen atoms in total. The number of carbonyl (C=O) groups is 2. The third-order valence-corrected chi connectivity index (χ3v) is 4.21. The van der Waals surface area contributed by atoms with Gasteiger partial charge in [-0.2, -0.15) is 5.16 Å². The van der Waals surface area contributed by atoms with Crippen LogP contribution in [0.1, 0.15) is 16.1 Å². The number of nitrogens with zero attached hydrogens (tertiary/aromatic N) is 1. The summed E-state index contributed by atoms with van der Waals surface area (Å²) in [5, 5.41) is 21.7. The molecule has 31 heavy (non-hydrogen) atoms. The van der Waals surface area contributed by atoms with Crippen molar-refractivity contribution < 1.29 is 33.1 Å². The molecule has 0 unspecified atom stereocenters. The van der Waals surface area contributed by atoms with Crippen LogP contribution in [0.4, 0.5) is 8.78 Å². The number of aliphatic carboxylic acids is 1. The molecule has 4 N–H and O–H groups in total. The number of amides is 1. The molecule has 3 aromatic rings. The van der Waals surface area contributed by atoms with Gasteiger partial charge in [0, 0.05) is 12.6 Å². The molecule has 3 rings (SSSR count). The van der Waals surface area contributed by atoms with Gasteiger partial charge < -0.3 is 14.7 Å². The van der Waals surface area contributed by atoms with Crippen molar-refractivity contribution in [3.8, 4) is 11.1 Å². The van der Waals surface area contributed by atoms with E-state index in [1.165, 1.54) is 12.1 Å². The minimum absolute atomic E-state index is 0.0253. The standard InChI is InChI=1S/C20H17F2N3O6/c21-14-5-13(6-15(22)7-14)12-3-1-11(2-4-12)9-25(10-16(26)20(29)30)23-19(28)17-8-18(27)24-31-17/h1-8,16,26H,9-10H2,(H,23,28)(H,24,27)(H,29,30)/t16-/m0/s1. The van der Waals surface area contributed by atoms with Crippen LogP contribution in [-0.4, -0.2) is 44.9 Å². The summed E-state index contributed by atoms with van der Waals surface area (Å²) >= 11 is 0. The summed E-state index contributed by atoms with van der Waals surface area (Å²) in [6.45, 7) is -0.491. The highest BCUT2D eigenvalue weighted by atomic mass is 19.1. The number of hydrazine groups is 1. The highest BCUT2D eigenvalue weighted by molar-refractivity contribution is 5.90. The topological polar surface area (TPSA) is 136 Å². The molecule has 162 valence electrons. The summed E-state index contributed by atoms with van der Waals surface area (Å²) in [5.41, 5.74) is 3.19. The van der Waals surface area contributed by atoms with Crippen molar-refractivity contribution in [1.29, 1.82) is 0 Å². The average Bonchev–Trinajstić information content (AvgIpc) is 3.14. The van der Waals surface area contributed by atoms with E-state index in [0.29, 0.717) is 16.7 Å². The van der Waals surface area contributed by atoms with Crippen LogP contribution < -0.4 is 11.0 Å². The molecule has 0 saturated heterocycles. The van der Waals surface area contributed by atoms with Gasteiger partial charge in [0.15, 0.2) is 6.10 Å². The van der Waals surface area contributed by atoms with Crippen LogP contribution in [0.15, 0.2) is 57.8 Å². The molecule has 0 spiro atoms. The Hall–Kier alpha value is -3.83. The molecule has 1 heterocycles. The molecule has 0 fully saturated rings. The fraction of sp³-hybridized carbons (Fsp3) is 0.150. The molecule has 1 aromatic heterocycles. The fourth-order valence-corrected chi connectivity index (χ4v) is 2.77. The number of aliphatic hydroxyl groups is 1. The van der Waals surface area contributed by atoms with E-state index in [0.717, 1.165) is 17.1 Å². The predicted octanol–water partition coefficient (Wildman–Crippen LogP) is 1.51. The number of aromatic amines is 1. The van der Waals surface area contributed by atoms with E-state index in [4.69, 9.17) is 9.63 Å². The number of carboxylic acid groups (broad SMARTS) is 1. The zero-order chi connectivity index (χ0) is 22.5. The molecule has 0 saturated carbocycles. The normalized spacial score (nSPS) is 12.0. The Morgan fingerprint density at radius 1 is 1.06 bits per heavy atom. The van der Waals surface area contributed by atoms with Crippen molar-refractivity contribution in [1.82, 2.24) is 15.6 Å². The number of carboxylic acids is 1. The Kier molecular flexibility index (Phi) is 6.58. The summed E-state index contributed by atoms with van der Waals surface area (Å²) in [4.78, 5) is 34.3. The van der Waals surface area contributed by atoms with Gasteiger partial charge in [-0.25, -0.2) is 18.6 Å². The first-order chi connectivity index (χ1) is 14.7. The maximum Gasteiger partial charge on any atom is 0.333 e. The fourth-order valence-electron chi connectivity index (χ4n) is 2.77. The molecule has 0 aliphatic rings. The molecule has 0 bridgehead atoms. The number of benzene rings is 2. The van der Waals surface area contributed by atoms with Gasteiger partial charge in [0.25, 0.3) is 5.56 Å². The van der Waals surface area contributed by atoms with Crippen molar-refractivity contribution in [3.63, 3.8) is 0 Å². The van der Waals surface area contributed by atoms with Crippen LogP contribution >= 0.6 is 0 Å². The molecule has 1 atom stereocenters. The molecule has 0 aliphatic heterocycles. The first-order valence-corrected chi connectivity index (χ1v) is 8.92. The maximum atomic E-state index is 13.4. The summed E-state index contributed by atoms with van der Waals surface area (Å²) in [6.07, 6.45) is -1.80. The zero-order valence-corrected chi connectivity index (χ0v) is 15.8. The Labute approximate surface area is 173 Å². The molecule has 11 heteroatoms. The van der Waals surface area contributed by atoms with Gasteiger partial charge in [0.1, 0.15) is 11.6 Å². The second-order valence-electron chi connectivity index (χ2n) is 6.61. The van der Waals surface area contributed by atoms with Crippen LogP contribution in [0.5, 0.6) is 0 Å². The lowest BCUT2D eigenvalue weighted by Gasteiger charge is -2.24. The van der Waals surface area contributed by atoms with Crippen LogP contribution in [0, 0.1) is 11.6 Å². The Morgan fingerprint density at radius 3 is 2.26 bits per heavy atom. The van der Waals surface area contributed by atoms with Gasteiger partial charge in [-0.3, -0.25) is 15.0 Å². The van der Waals surface area contributed by atoms with Crippen LogP contribution in [-0.2, 0) is 11.3 Å². The van der Waals surface area contributed by atoms with E-state index in [9.17, 15) is 28.3 Å².